The van der Waals surface area contributed by atoms with Crippen molar-refractivity contribution in [2.75, 3.05) is 13.2 Å². The van der Waals surface area contributed by atoms with Crippen LogP contribution < -0.4 is 21.5 Å². The number of rotatable bonds is 13. The molecular weight excluding hydrogens is 526 g/mol. The Bertz CT molecular complexity index is 1310. The van der Waals surface area contributed by atoms with Gasteiger partial charge in [-0.3, -0.25) is 24.6 Å². The van der Waals surface area contributed by atoms with Crippen LogP contribution in [-0.4, -0.2) is 58.9 Å². The van der Waals surface area contributed by atoms with Gasteiger partial charge in [0.1, 0.15) is 5.75 Å². The summed E-state index contributed by atoms with van der Waals surface area (Å²) in [6, 6.07) is 23.5. The van der Waals surface area contributed by atoms with E-state index in [1.54, 1.807) is 24.3 Å². The first-order valence-electron chi connectivity index (χ1n) is 12.9. The highest BCUT2D eigenvalue weighted by atomic mass is 16.5. The first-order valence-corrected chi connectivity index (χ1v) is 12.9. The van der Waals surface area contributed by atoms with Crippen molar-refractivity contribution in [3.63, 3.8) is 0 Å². The molecule has 41 heavy (non-hydrogen) atoms. The lowest BCUT2D eigenvalue weighted by Gasteiger charge is -2.25. The number of benzene rings is 3. The zero-order valence-electron chi connectivity index (χ0n) is 22.4. The third-order valence-electron chi connectivity index (χ3n) is 6.23. The van der Waals surface area contributed by atoms with Gasteiger partial charge in [0, 0.05) is 18.9 Å². The van der Waals surface area contributed by atoms with Gasteiger partial charge in [-0.1, -0.05) is 72.8 Å². The maximum atomic E-state index is 13.6. The van der Waals surface area contributed by atoms with Crippen molar-refractivity contribution >= 4 is 29.7 Å². The highest BCUT2D eigenvalue weighted by Gasteiger charge is 2.35. The lowest BCUT2D eigenvalue weighted by Crippen LogP contribution is -2.52. The molecule has 3 amide bonds. The average Bonchev–Trinajstić information content (AvgIpc) is 2.96. The van der Waals surface area contributed by atoms with Gasteiger partial charge in [0.25, 0.3) is 11.8 Å². The predicted molar refractivity (Wildman–Crippen MR) is 152 cm³/mol. The van der Waals surface area contributed by atoms with E-state index in [9.17, 15) is 19.2 Å². The Hall–Kier alpha value is -5.03. The van der Waals surface area contributed by atoms with Crippen molar-refractivity contribution < 1.29 is 29.0 Å². The first-order chi connectivity index (χ1) is 19.7. The molecule has 0 heterocycles. The fraction of sp³-hybridized carbons (Fsp3) is 0.233. The first kappa shape index (κ1) is 30.5. The zero-order chi connectivity index (χ0) is 29.8. The van der Waals surface area contributed by atoms with E-state index in [1.165, 1.54) is 0 Å². The van der Waals surface area contributed by atoms with E-state index in [2.05, 4.69) is 5.32 Å². The van der Waals surface area contributed by atoms with Gasteiger partial charge >= 0.3 is 5.97 Å². The van der Waals surface area contributed by atoms with Crippen LogP contribution in [0.5, 0.6) is 5.75 Å². The molecule has 3 aromatic rings. The number of ether oxygens (including phenoxy) is 1. The summed E-state index contributed by atoms with van der Waals surface area (Å²) in [7, 11) is 0. The number of carbonyl (C=O) groups is 4. The average molecular weight is 560 g/mol. The van der Waals surface area contributed by atoms with Gasteiger partial charge in [0.05, 0.1) is 12.5 Å². The lowest BCUT2D eigenvalue weighted by molar-refractivity contribution is -0.157. The van der Waals surface area contributed by atoms with E-state index >= 15 is 0 Å². The zero-order valence-corrected chi connectivity index (χ0v) is 22.4. The summed E-state index contributed by atoms with van der Waals surface area (Å²) in [6.45, 7) is -0.180. The number of hydrogen-bond donors (Lipinski definition) is 5. The summed E-state index contributed by atoms with van der Waals surface area (Å²) in [5, 5.41) is 19.0. The molecule has 0 aliphatic carbocycles. The summed E-state index contributed by atoms with van der Waals surface area (Å²) in [6.07, 6.45) is -0.396. The fourth-order valence-electron chi connectivity index (χ4n) is 4.19. The van der Waals surface area contributed by atoms with Crippen LogP contribution in [0, 0.1) is 5.41 Å². The number of nitrogens with zero attached hydrogens (tertiary/aromatic N) is 1. The Morgan fingerprint density at radius 3 is 1.93 bits per heavy atom. The molecule has 0 aromatic heterocycles. The van der Waals surface area contributed by atoms with E-state index < -0.39 is 48.7 Å². The molecule has 0 radical (unpaired) electrons. The van der Waals surface area contributed by atoms with Crippen LogP contribution in [0.2, 0.25) is 0 Å². The summed E-state index contributed by atoms with van der Waals surface area (Å²) >= 11 is 0. The molecule has 0 saturated heterocycles. The number of carboxylic acids is 1. The largest absolute Gasteiger partial charge is 0.484 e. The van der Waals surface area contributed by atoms with Gasteiger partial charge in [0.15, 0.2) is 12.6 Å². The number of imide groups is 3. The van der Waals surface area contributed by atoms with Crippen LogP contribution in [-0.2, 0) is 25.6 Å². The van der Waals surface area contributed by atoms with Crippen LogP contribution in [0.3, 0.4) is 0 Å². The molecule has 0 fully saturated rings. The van der Waals surface area contributed by atoms with Crippen molar-refractivity contribution in [2.45, 2.75) is 31.2 Å². The molecule has 11 heteroatoms. The smallest absolute Gasteiger partial charge is 0.305 e. The second kappa shape index (κ2) is 14.9. The van der Waals surface area contributed by atoms with E-state index in [0.29, 0.717) is 23.6 Å². The van der Waals surface area contributed by atoms with Crippen LogP contribution in [0.4, 0.5) is 0 Å². The molecule has 3 aromatic carbocycles. The number of hydrogen-bond acceptors (Lipinski definition) is 7. The van der Waals surface area contributed by atoms with Crippen LogP contribution in [0.15, 0.2) is 84.9 Å². The van der Waals surface area contributed by atoms with Gasteiger partial charge < -0.3 is 26.6 Å². The number of aliphatic carboxylic acids is 1. The van der Waals surface area contributed by atoms with Crippen LogP contribution in [0.1, 0.15) is 35.4 Å². The normalized spacial score (nSPS) is 11.4. The molecule has 7 N–H and O–H groups in total. The number of amides is 3. The minimum atomic E-state index is -1.60. The van der Waals surface area contributed by atoms with Gasteiger partial charge in [-0.25, -0.2) is 4.90 Å². The van der Waals surface area contributed by atoms with Crippen LogP contribution in [0.25, 0.3) is 0 Å². The Morgan fingerprint density at radius 2 is 1.41 bits per heavy atom. The van der Waals surface area contributed by atoms with Crippen LogP contribution >= 0.6 is 0 Å². The summed E-state index contributed by atoms with van der Waals surface area (Å²) in [5.74, 6) is -4.52. The lowest BCUT2D eigenvalue weighted by atomic mass is 9.88. The number of carboxylic acid groups (broad SMARTS) is 1. The SMILES string of the molecule is N=C(N)NCCc1ccc(OCC(=O)N(C(=O)CC(c2ccccc2)c2ccccc2)C(=O)[C@@H](N)CC(=O)O)cc1. The molecule has 0 aliphatic rings. The summed E-state index contributed by atoms with van der Waals surface area (Å²) in [4.78, 5) is 51.5. The standard InChI is InChI=1S/C30H33N5O6/c31-25(18-28(38)39)29(40)35(27(37)19-41-23-13-11-20(12-14-23)15-16-34-30(32)33)26(36)17-24(21-7-3-1-4-8-21)22-9-5-2-6-10-22/h1-14,24-25H,15-19,31H2,(H,38,39)(H4,32,33,34)/t25-/m0/s1. The van der Waals surface area contributed by atoms with Crippen molar-refractivity contribution in [2.24, 2.45) is 11.5 Å². The maximum absolute atomic E-state index is 13.6. The Morgan fingerprint density at radius 1 is 0.854 bits per heavy atom. The van der Waals surface area contributed by atoms with E-state index in [0.717, 1.165) is 16.7 Å². The summed E-state index contributed by atoms with van der Waals surface area (Å²) < 4.78 is 5.56. The number of carbonyl (C=O) groups excluding carboxylic acids is 3. The summed E-state index contributed by atoms with van der Waals surface area (Å²) in [5.41, 5.74) is 13.6. The fourth-order valence-corrected chi connectivity index (χ4v) is 4.19. The quantitative estimate of drug-likeness (QED) is 0.154. The predicted octanol–water partition coefficient (Wildman–Crippen LogP) is 2.00. The Labute approximate surface area is 237 Å². The molecule has 0 aliphatic heterocycles. The third-order valence-corrected chi connectivity index (χ3v) is 6.23. The molecule has 0 bridgehead atoms. The number of guanidine groups is 1. The highest BCUT2D eigenvalue weighted by Crippen LogP contribution is 2.29. The second-order valence-electron chi connectivity index (χ2n) is 9.27. The minimum Gasteiger partial charge on any atom is -0.484 e. The number of nitrogens with one attached hydrogen (secondary N) is 2. The van der Waals surface area contributed by atoms with Crippen molar-refractivity contribution in [1.82, 2.24) is 10.2 Å². The molecule has 1 atom stereocenters. The number of nitrogens with two attached hydrogens (primary N) is 2. The van der Waals surface area contributed by atoms with Gasteiger partial charge in [-0.2, -0.15) is 0 Å². The van der Waals surface area contributed by atoms with E-state index in [-0.39, 0.29) is 12.4 Å². The molecule has 0 spiro atoms. The molecule has 0 saturated carbocycles. The van der Waals surface area contributed by atoms with Gasteiger partial charge in [0.2, 0.25) is 5.91 Å². The minimum absolute atomic E-state index is 0.126. The van der Waals surface area contributed by atoms with Gasteiger partial charge in [-0.05, 0) is 35.2 Å². The topological polar surface area (TPSA) is 189 Å². The van der Waals surface area contributed by atoms with E-state index in [4.69, 9.17) is 26.7 Å². The molecule has 3 rings (SSSR count). The van der Waals surface area contributed by atoms with E-state index in [1.807, 2.05) is 60.7 Å². The molecule has 214 valence electrons. The maximum Gasteiger partial charge on any atom is 0.305 e. The van der Waals surface area contributed by atoms with Crippen molar-refractivity contribution in [1.29, 1.82) is 5.41 Å². The molecular formula is C30H33N5O6. The molecule has 0 unspecified atom stereocenters. The Balaban J connectivity index is 1.78. The van der Waals surface area contributed by atoms with Gasteiger partial charge in [-0.15, -0.1) is 0 Å². The van der Waals surface area contributed by atoms with Crippen molar-refractivity contribution in [3.8, 4) is 5.75 Å². The monoisotopic (exact) mass is 559 g/mol. The highest BCUT2D eigenvalue weighted by molar-refractivity contribution is 6.13. The Kier molecular flexibility index (Phi) is 11.1. The second-order valence-corrected chi connectivity index (χ2v) is 9.27. The molecule has 11 nitrogen and oxygen atoms in total. The van der Waals surface area contributed by atoms with Crippen molar-refractivity contribution in [3.05, 3.63) is 102 Å². The third kappa shape index (κ3) is 9.29.